The van der Waals surface area contributed by atoms with E-state index in [0.29, 0.717) is 11.7 Å². The molecule has 4 nitrogen and oxygen atoms in total. The van der Waals surface area contributed by atoms with E-state index in [1.807, 2.05) is 6.07 Å². The predicted octanol–water partition coefficient (Wildman–Crippen LogP) is 2.59. The van der Waals surface area contributed by atoms with Crippen molar-refractivity contribution in [2.24, 2.45) is 0 Å². The standard InChI is InChI=1S/C13H20N2O2/c1-4-9(3)15(5-2)10-6-7-12(14)11(8-10)13(16)17/h6-9H,4-5,14H2,1-3H3,(H,16,17). The highest BCUT2D eigenvalue weighted by Gasteiger charge is 2.14. The molecule has 0 bridgehead atoms. The quantitative estimate of drug-likeness (QED) is 0.771. The van der Waals surface area contributed by atoms with E-state index in [1.165, 1.54) is 0 Å². The number of aromatic carboxylic acids is 1. The average molecular weight is 236 g/mol. The topological polar surface area (TPSA) is 66.6 Å². The Morgan fingerprint density at radius 2 is 2.12 bits per heavy atom. The second-order valence-corrected chi connectivity index (χ2v) is 4.12. The lowest BCUT2D eigenvalue weighted by molar-refractivity contribution is 0.0698. The van der Waals surface area contributed by atoms with E-state index < -0.39 is 5.97 Å². The summed E-state index contributed by atoms with van der Waals surface area (Å²) in [5.74, 6) is -0.982. The second-order valence-electron chi connectivity index (χ2n) is 4.12. The highest BCUT2D eigenvalue weighted by Crippen LogP contribution is 2.23. The first-order valence-corrected chi connectivity index (χ1v) is 5.90. The van der Waals surface area contributed by atoms with Crippen LogP contribution in [0.3, 0.4) is 0 Å². The maximum Gasteiger partial charge on any atom is 0.337 e. The van der Waals surface area contributed by atoms with Crippen LogP contribution >= 0.6 is 0 Å². The summed E-state index contributed by atoms with van der Waals surface area (Å²) in [6.07, 6.45) is 1.01. The number of nitrogen functional groups attached to an aromatic ring is 1. The van der Waals surface area contributed by atoms with E-state index in [0.717, 1.165) is 18.7 Å². The molecule has 17 heavy (non-hydrogen) atoms. The third-order valence-electron chi connectivity index (χ3n) is 3.06. The third kappa shape index (κ3) is 2.90. The Labute approximate surface area is 102 Å². The van der Waals surface area contributed by atoms with Crippen LogP contribution in [-0.4, -0.2) is 23.7 Å². The Hall–Kier alpha value is -1.71. The number of hydrogen-bond acceptors (Lipinski definition) is 3. The monoisotopic (exact) mass is 236 g/mol. The normalized spacial score (nSPS) is 12.2. The van der Waals surface area contributed by atoms with Crippen molar-refractivity contribution < 1.29 is 9.90 Å². The second kappa shape index (κ2) is 5.57. The molecule has 1 aromatic carbocycles. The third-order valence-corrected chi connectivity index (χ3v) is 3.06. The molecule has 0 aliphatic rings. The SMILES string of the molecule is CCC(C)N(CC)c1ccc(N)c(C(=O)O)c1. The van der Waals surface area contributed by atoms with Crippen LogP contribution in [0.1, 0.15) is 37.6 Å². The molecule has 0 amide bonds. The van der Waals surface area contributed by atoms with Crippen molar-refractivity contribution in [3.8, 4) is 0 Å². The molecular weight excluding hydrogens is 216 g/mol. The van der Waals surface area contributed by atoms with Crippen molar-refractivity contribution in [1.29, 1.82) is 0 Å². The number of rotatable bonds is 5. The van der Waals surface area contributed by atoms with Crippen molar-refractivity contribution in [3.05, 3.63) is 23.8 Å². The maximum absolute atomic E-state index is 11.0. The van der Waals surface area contributed by atoms with Crippen molar-refractivity contribution in [2.45, 2.75) is 33.2 Å². The molecule has 1 aromatic rings. The van der Waals surface area contributed by atoms with E-state index in [1.54, 1.807) is 12.1 Å². The van der Waals surface area contributed by atoms with Crippen LogP contribution < -0.4 is 10.6 Å². The Bertz CT molecular complexity index is 404. The van der Waals surface area contributed by atoms with Gasteiger partial charge in [0.25, 0.3) is 0 Å². The smallest absolute Gasteiger partial charge is 0.337 e. The summed E-state index contributed by atoms with van der Waals surface area (Å²) in [5, 5.41) is 9.04. The molecule has 3 N–H and O–H groups in total. The van der Waals surface area contributed by atoms with Gasteiger partial charge in [-0.05, 0) is 38.5 Å². The summed E-state index contributed by atoms with van der Waals surface area (Å²) in [7, 11) is 0. The molecule has 0 fully saturated rings. The molecule has 1 unspecified atom stereocenters. The Kier molecular flexibility index (Phi) is 4.37. The van der Waals surface area contributed by atoms with Crippen molar-refractivity contribution >= 4 is 17.3 Å². The average Bonchev–Trinajstić information content (AvgIpc) is 2.31. The molecule has 1 rings (SSSR count). The van der Waals surface area contributed by atoms with Gasteiger partial charge in [0.1, 0.15) is 0 Å². The first kappa shape index (κ1) is 13.4. The molecule has 0 aromatic heterocycles. The van der Waals surface area contributed by atoms with Gasteiger partial charge in [0.2, 0.25) is 0 Å². The first-order chi connectivity index (χ1) is 8.01. The lowest BCUT2D eigenvalue weighted by Gasteiger charge is -2.29. The van der Waals surface area contributed by atoms with E-state index >= 15 is 0 Å². The first-order valence-electron chi connectivity index (χ1n) is 5.90. The summed E-state index contributed by atoms with van der Waals surface area (Å²) in [4.78, 5) is 13.2. The highest BCUT2D eigenvalue weighted by molar-refractivity contribution is 5.94. The minimum atomic E-state index is -0.982. The number of anilines is 2. The molecule has 0 saturated carbocycles. The molecule has 0 heterocycles. The Morgan fingerprint density at radius 3 is 2.59 bits per heavy atom. The van der Waals surface area contributed by atoms with Gasteiger partial charge in [0, 0.05) is 24.0 Å². The zero-order valence-corrected chi connectivity index (χ0v) is 10.6. The molecule has 94 valence electrons. The van der Waals surface area contributed by atoms with Gasteiger partial charge in [-0.15, -0.1) is 0 Å². The van der Waals surface area contributed by atoms with Gasteiger partial charge in [-0.1, -0.05) is 6.92 Å². The Balaban J connectivity index is 3.13. The number of carbonyl (C=O) groups is 1. The van der Waals surface area contributed by atoms with Crippen LogP contribution in [0.15, 0.2) is 18.2 Å². The van der Waals surface area contributed by atoms with Crippen LogP contribution in [0.25, 0.3) is 0 Å². The lowest BCUT2D eigenvalue weighted by atomic mass is 10.1. The minimum Gasteiger partial charge on any atom is -0.478 e. The van der Waals surface area contributed by atoms with Gasteiger partial charge in [-0.25, -0.2) is 4.79 Å². The number of carboxylic acids is 1. The molecule has 0 radical (unpaired) electrons. The summed E-state index contributed by atoms with van der Waals surface area (Å²) < 4.78 is 0. The van der Waals surface area contributed by atoms with Crippen LogP contribution in [0, 0.1) is 0 Å². The van der Waals surface area contributed by atoms with Gasteiger partial charge < -0.3 is 15.7 Å². The van der Waals surface area contributed by atoms with E-state index in [9.17, 15) is 4.79 Å². The molecule has 4 heteroatoms. The molecule has 0 aliphatic carbocycles. The van der Waals surface area contributed by atoms with E-state index in [4.69, 9.17) is 10.8 Å². The molecule has 1 atom stereocenters. The number of nitrogens with zero attached hydrogens (tertiary/aromatic N) is 1. The molecule has 0 saturated heterocycles. The molecule has 0 spiro atoms. The fourth-order valence-electron chi connectivity index (χ4n) is 1.88. The summed E-state index contributed by atoms with van der Waals surface area (Å²) in [6.45, 7) is 7.14. The van der Waals surface area contributed by atoms with Gasteiger partial charge in [-0.2, -0.15) is 0 Å². The summed E-state index contributed by atoms with van der Waals surface area (Å²) in [5.41, 5.74) is 7.03. The zero-order chi connectivity index (χ0) is 13.0. The predicted molar refractivity (Wildman–Crippen MR) is 70.6 cm³/mol. The molecular formula is C13H20N2O2. The number of carboxylic acid groups (broad SMARTS) is 1. The van der Waals surface area contributed by atoms with Crippen LogP contribution in [0.2, 0.25) is 0 Å². The lowest BCUT2D eigenvalue weighted by Crippen LogP contribution is -2.32. The number of nitrogens with two attached hydrogens (primary N) is 1. The fraction of sp³-hybridized carbons (Fsp3) is 0.462. The van der Waals surface area contributed by atoms with Gasteiger partial charge in [0.15, 0.2) is 0 Å². The van der Waals surface area contributed by atoms with E-state index in [2.05, 4.69) is 25.7 Å². The minimum absolute atomic E-state index is 0.171. The zero-order valence-electron chi connectivity index (χ0n) is 10.6. The highest BCUT2D eigenvalue weighted by atomic mass is 16.4. The van der Waals surface area contributed by atoms with Crippen molar-refractivity contribution in [2.75, 3.05) is 17.2 Å². The van der Waals surface area contributed by atoms with Gasteiger partial charge in [-0.3, -0.25) is 0 Å². The summed E-state index contributed by atoms with van der Waals surface area (Å²) >= 11 is 0. The van der Waals surface area contributed by atoms with Crippen molar-refractivity contribution in [3.63, 3.8) is 0 Å². The maximum atomic E-state index is 11.0. The van der Waals surface area contributed by atoms with Crippen LogP contribution in [0.5, 0.6) is 0 Å². The fourth-order valence-corrected chi connectivity index (χ4v) is 1.88. The number of hydrogen-bond donors (Lipinski definition) is 2. The largest absolute Gasteiger partial charge is 0.478 e. The number of benzene rings is 1. The van der Waals surface area contributed by atoms with Gasteiger partial charge in [0.05, 0.1) is 5.56 Å². The van der Waals surface area contributed by atoms with E-state index in [-0.39, 0.29) is 5.56 Å². The van der Waals surface area contributed by atoms with Gasteiger partial charge >= 0.3 is 5.97 Å². The summed E-state index contributed by atoms with van der Waals surface area (Å²) in [6, 6.07) is 5.56. The van der Waals surface area contributed by atoms with Crippen LogP contribution in [-0.2, 0) is 0 Å². The van der Waals surface area contributed by atoms with Crippen LogP contribution in [0.4, 0.5) is 11.4 Å². The van der Waals surface area contributed by atoms with Crippen molar-refractivity contribution in [1.82, 2.24) is 0 Å². The Morgan fingerprint density at radius 1 is 1.47 bits per heavy atom. The molecule has 0 aliphatic heterocycles.